The predicted octanol–water partition coefficient (Wildman–Crippen LogP) is 1.53. The van der Waals surface area contributed by atoms with Gasteiger partial charge in [0.1, 0.15) is 0 Å². The third-order valence-corrected chi connectivity index (χ3v) is 4.06. The van der Waals surface area contributed by atoms with Gasteiger partial charge in [0.15, 0.2) is 0 Å². The van der Waals surface area contributed by atoms with Gasteiger partial charge in [0.2, 0.25) is 5.91 Å². The lowest BCUT2D eigenvalue weighted by molar-refractivity contribution is -0.132. The standard InChI is InChI=1S/C13H18N2O2S/c1-10-3-2-4-11(13(10)14)18-9-12(16)15-5-7-17-8-6-15/h2-4H,5-9,14H2,1H3. The van der Waals surface area contributed by atoms with Gasteiger partial charge in [0, 0.05) is 23.7 Å². The molecule has 1 aliphatic heterocycles. The second-order valence-corrected chi connectivity index (χ2v) is 5.29. The van der Waals surface area contributed by atoms with E-state index in [0.29, 0.717) is 32.1 Å². The van der Waals surface area contributed by atoms with Crippen LogP contribution in [0.1, 0.15) is 5.56 Å². The van der Waals surface area contributed by atoms with Gasteiger partial charge in [-0.05, 0) is 18.6 Å². The van der Waals surface area contributed by atoms with Crippen LogP contribution in [-0.4, -0.2) is 42.9 Å². The van der Waals surface area contributed by atoms with Crippen LogP contribution in [0.25, 0.3) is 0 Å². The Labute approximate surface area is 111 Å². The van der Waals surface area contributed by atoms with Crippen molar-refractivity contribution in [3.8, 4) is 0 Å². The third kappa shape index (κ3) is 3.17. The number of para-hydroxylation sites is 1. The average molecular weight is 266 g/mol. The fourth-order valence-electron chi connectivity index (χ4n) is 1.82. The summed E-state index contributed by atoms with van der Waals surface area (Å²) in [5, 5.41) is 0. The second kappa shape index (κ2) is 6.11. The van der Waals surface area contributed by atoms with Gasteiger partial charge in [-0.1, -0.05) is 12.1 Å². The van der Waals surface area contributed by atoms with Gasteiger partial charge in [-0.25, -0.2) is 0 Å². The van der Waals surface area contributed by atoms with Crippen molar-refractivity contribution >= 4 is 23.4 Å². The molecule has 2 rings (SSSR count). The van der Waals surface area contributed by atoms with Crippen LogP contribution in [0.15, 0.2) is 23.1 Å². The molecule has 1 aliphatic rings. The van der Waals surface area contributed by atoms with Crippen LogP contribution >= 0.6 is 11.8 Å². The SMILES string of the molecule is Cc1cccc(SCC(=O)N2CCOCC2)c1N. The number of rotatable bonds is 3. The first-order valence-electron chi connectivity index (χ1n) is 6.02. The Morgan fingerprint density at radius 3 is 2.89 bits per heavy atom. The minimum atomic E-state index is 0.157. The lowest BCUT2D eigenvalue weighted by atomic mass is 10.2. The molecule has 0 aliphatic carbocycles. The number of nitrogens with two attached hydrogens (primary N) is 1. The number of nitrogen functional groups attached to an aromatic ring is 1. The summed E-state index contributed by atoms with van der Waals surface area (Å²) in [7, 11) is 0. The van der Waals surface area contributed by atoms with Crippen molar-refractivity contribution in [2.75, 3.05) is 37.8 Å². The summed E-state index contributed by atoms with van der Waals surface area (Å²) in [6.45, 7) is 4.65. The Hall–Kier alpha value is -1.20. The molecule has 1 aromatic carbocycles. The molecule has 98 valence electrons. The molecule has 0 saturated carbocycles. The highest BCUT2D eigenvalue weighted by atomic mass is 32.2. The lowest BCUT2D eigenvalue weighted by Crippen LogP contribution is -2.41. The van der Waals surface area contributed by atoms with Crippen molar-refractivity contribution in [1.82, 2.24) is 4.90 Å². The quantitative estimate of drug-likeness (QED) is 0.666. The molecule has 0 spiro atoms. The molecular weight excluding hydrogens is 248 g/mol. The lowest BCUT2D eigenvalue weighted by Gasteiger charge is -2.26. The number of ether oxygens (including phenoxy) is 1. The van der Waals surface area contributed by atoms with E-state index >= 15 is 0 Å². The van der Waals surface area contributed by atoms with Crippen LogP contribution in [0.2, 0.25) is 0 Å². The van der Waals surface area contributed by atoms with Crippen molar-refractivity contribution in [1.29, 1.82) is 0 Å². The van der Waals surface area contributed by atoms with Crippen molar-refractivity contribution in [3.05, 3.63) is 23.8 Å². The van der Waals surface area contributed by atoms with E-state index in [0.717, 1.165) is 16.1 Å². The maximum absolute atomic E-state index is 12.0. The van der Waals surface area contributed by atoms with Gasteiger partial charge in [0.25, 0.3) is 0 Å². The van der Waals surface area contributed by atoms with E-state index in [1.54, 1.807) is 0 Å². The molecule has 0 aromatic heterocycles. The number of anilines is 1. The highest BCUT2D eigenvalue weighted by Crippen LogP contribution is 2.27. The van der Waals surface area contributed by atoms with Crippen LogP contribution in [0.4, 0.5) is 5.69 Å². The van der Waals surface area contributed by atoms with Gasteiger partial charge < -0.3 is 15.4 Å². The molecule has 1 fully saturated rings. The molecule has 2 N–H and O–H groups in total. The monoisotopic (exact) mass is 266 g/mol. The smallest absolute Gasteiger partial charge is 0.233 e. The van der Waals surface area contributed by atoms with E-state index in [9.17, 15) is 4.79 Å². The van der Waals surface area contributed by atoms with E-state index in [1.807, 2.05) is 30.0 Å². The van der Waals surface area contributed by atoms with Gasteiger partial charge >= 0.3 is 0 Å². The molecule has 1 aromatic rings. The zero-order chi connectivity index (χ0) is 13.0. The summed E-state index contributed by atoms with van der Waals surface area (Å²) in [5.74, 6) is 0.595. The summed E-state index contributed by atoms with van der Waals surface area (Å²) >= 11 is 1.51. The van der Waals surface area contributed by atoms with E-state index in [1.165, 1.54) is 11.8 Å². The van der Waals surface area contributed by atoms with Gasteiger partial charge in [-0.15, -0.1) is 11.8 Å². The number of aryl methyl sites for hydroxylation is 1. The van der Waals surface area contributed by atoms with Crippen molar-refractivity contribution in [2.24, 2.45) is 0 Å². The topological polar surface area (TPSA) is 55.6 Å². The molecule has 4 nitrogen and oxygen atoms in total. The molecule has 5 heteroatoms. The summed E-state index contributed by atoms with van der Waals surface area (Å²) < 4.78 is 5.23. The molecular formula is C13H18N2O2S. The van der Waals surface area contributed by atoms with Crippen LogP contribution in [-0.2, 0) is 9.53 Å². The molecule has 0 bridgehead atoms. The second-order valence-electron chi connectivity index (χ2n) is 4.27. The minimum absolute atomic E-state index is 0.157. The number of amides is 1. The number of carbonyl (C=O) groups is 1. The zero-order valence-corrected chi connectivity index (χ0v) is 11.3. The largest absolute Gasteiger partial charge is 0.398 e. The van der Waals surface area contributed by atoms with Crippen LogP contribution in [0.3, 0.4) is 0 Å². The van der Waals surface area contributed by atoms with Gasteiger partial charge in [-0.3, -0.25) is 4.79 Å². The maximum atomic E-state index is 12.0. The molecule has 18 heavy (non-hydrogen) atoms. The van der Waals surface area contributed by atoms with Crippen LogP contribution in [0.5, 0.6) is 0 Å². The van der Waals surface area contributed by atoms with Crippen LogP contribution in [0, 0.1) is 6.92 Å². The maximum Gasteiger partial charge on any atom is 0.233 e. The van der Waals surface area contributed by atoms with Gasteiger partial charge in [-0.2, -0.15) is 0 Å². The van der Waals surface area contributed by atoms with E-state index in [4.69, 9.17) is 10.5 Å². The predicted molar refractivity (Wildman–Crippen MR) is 73.7 cm³/mol. The Bertz CT molecular complexity index is 431. The van der Waals surface area contributed by atoms with Crippen molar-refractivity contribution < 1.29 is 9.53 Å². The number of hydrogen-bond donors (Lipinski definition) is 1. The number of hydrogen-bond acceptors (Lipinski definition) is 4. The van der Waals surface area contributed by atoms with Gasteiger partial charge in [0.05, 0.1) is 19.0 Å². The highest BCUT2D eigenvalue weighted by molar-refractivity contribution is 8.00. The van der Waals surface area contributed by atoms with Crippen molar-refractivity contribution in [3.63, 3.8) is 0 Å². The third-order valence-electron chi connectivity index (χ3n) is 3.00. The highest BCUT2D eigenvalue weighted by Gasteiger charge is 2.17. The first-order valence-corrected chi connectivity index (χ1v) is 7.00. The average Bonchev–Trinajstić information content (AvgIpc) is 2.41. The summed E-state index contributed by atoms with van der Waals surface area (Å²) in [5.41, 5.74) is 7.81. The van der Waals surface area contributed by atoms with Crippen molar-refractivity contribution in [2.45, 2.75) is 11.8 Å². The molecule has 0 unspecified atom stereocenters. The molecule has 0 atom stereocenters. The molecule has 1 amide bonds. The summed E-state index contributed by atoms with van der Waals surface area (Å²) in [6.07, 6.45) is 0. The van der Waals surface area contributed by atoms with E-state index < -0.39 is 0 Å². The Kier molecular flexibility index (Phi) is 4.49. The van der Waals surface area contributed by atoms with Crippen LogP contribution < -0.4 is 5.73 Å². The summed E-state index contributed by atoms with van der Waals surface area (Å²) in [4.78, 5) is 14.8. The Balaban J connectivity index is 1.90. The molecule has 1 saturated heterocycles. The fraction of sp³-hybridized carbons (Fsp3) is 0.462. The first kappa shape index (κ1) is 13.2. The Morgan fingerprint density at radius 1 is 1.44 bits per heavy atom. The van der Waals surface area contributed by atoms with E-state index in [2.05, 4.69) is 0 Å². The number of morpholine rings is 1. The number of carbonyl (C=O) groups excluding carboxylic acids is 1. The normalized spacial score (nSPS) is 15.7. The number of nitrogens with zero attached hydrogens (tertiary/aromatic N) is 1. The fourth-order valence-corrected chi connectivity index (χ4v) is 2.78. The molecule has 1 heterocycles. The molecule has 0 radical (unpaired) electrons. The first-order chi connectivity index (χ1) is 8.68. The number of thioether (sulfide) groups is 1. The zero-order valence-electron chi connectivity index (χ0n) is 10.5. The minimum Gasteiger partial charge on any atom is -0.398 e. The Morgan fingerprint density at radius 2 is 2.17 bits per heavy atom. The summed E-state index contributed by atoms with van der Waals surface area (Å²) in [6, 6.07) is 5.90. The number of benzene rings is 1. The van der Waals surface area contributed by atoms with E-state index in [-0.39, 0.29) is 5.91 Å².